The predicted octanol–water partition coefficient (Wildman–Crippen LogP) is 4.15. The van der Waals surface area contributed by atoms with Gasteiger partial charge in [-0.05, 0) is 42.4 Å². The van der Waals surface area contributed by atoms with Gasteiger partial charge in [0.2, 0.25) is 0 Å². The van der Waals surface area contributed by atoms with Gasteiger partial charge in [0, 0.05) is 12.3 Å². The molecule has 2 unspecified atom stereocenters. The lowest BCUT2D eigenvalue weighted by molar-refractivity contribution is -0.120. The van der Waals surface area contributed by atoms with Crippen LogP contribution >= 0.6 is 23.2 Å². The van der Waals surface area contributed by atoms with Crippen LogP contribution in [-0.2, 0) is 11.2 Å². The quantitative estimate of drug-likeness (QED) is 0.805. The Balaban J connectivity index is 1.67. The van der Waals surface area contributed by atoms with Crippen molar-refractivity contribution >= 4 is 29.0 Å². The third kappa shape index (κ3) is 2.11. The van der Waals surface area contributed by atoms with Gasteiger partial charge in [-0.15, -0.1) is 0 Å². The van der Waals surface area contributed by atoms with E-state index in [1.807, 2.05) is 6.07 Å². The Labute approximate surface area is 111 Å². The van der Waals surface area contributed by atoms with Crippen LogP contribution in [0.15, 0.2) is 18.2 Å². The zero-order valence-electron chi connectivity index (χ0n) is 9.46. The van der Waals surface area contributed by atoms with Crippen LogP contribution < -0.4 is 0 Å². The monoisotopic (exact) mass is 268 g/mol. The molecule has 0 heterocycles. The molecule has 0 saturated heterocycles. The lowest BCUT2D eigenvalue weighted by atomic mass is 10.0. The van der Waals surface area contributed by atoms with Crippen LogP contribution in [0.3, 0.4) is 0 Å². The van der Waals surface area contributed by atoms with Crippen LogP contribution in [0, 0.1) is 17.8 Å². The number of carbonyl (C=O) groups is 1. The van der Waals surface area contributed by atoms with E-state index in [0.717, 1.165) is 5.56 Å². The van der Waals surface area contributed by atoms with Crippen LogP contribution in [0.25, 0.3) is 0 Å². The van der Waals surface area contributed by atoms with E-state index in [9.17, 15) is 4.79 Å². The van der Waals surface area contributed by atoms with Gasteiger partial charge in [0.1, 0.15) is 5.78 Å². The topological polar surface area (TPSA) is 17.1 Å². The molecule has 90 valence electrons. The summed E-state index contributed by atoms with van der Waals surface area (Å²) in [4.78, 5) is 12.1. The Bertz CT molecular complexity index is 459. The number of hydrogen-bond donors (Lipinski definition) is 0. The fourth-order valence-electron chi connectivity index (χ4n) is 3.27. The van der Waals surface area contributed by atoms with Crippen molar-refractivity contribution in [3.05, 3.63) is 33.8 Å². The van der Waals surface area contributed by atoms with E-state index in [2.05, 4.69) is 0 Å². The molecule has 2 aliphatic carbocycles. The molecule has 1 aromatic rings. The maximum atomic E-state index is 12.1. The highest BCUT2D eigenvalue weighted by molar-refractivity contribution is 6.42. The highest BCUT2D eigenvalue weighted by Crippen LogP contribution is 2.58. The van der Waals surface area contributed by atoms with Gasteiger partial charge in [0.25, 0.3) is 0 Å². The number of benzene rings is 1. The number of Topliss-reactive ketones (excluding diaryl/α,β-unsaturated/α-hetero) is 1. The Kier molecular flexibility index (Phi) is 2.92. The summed E-state index contributed by atoms with van der Waals surface area (Å²) in [5, 5.41) is 1.08. The van der Waals surface area contributed by atoms with Gasteiger partial charge in [0.15, 0.2) is 0 Å². The average molecular weight is 269 g/mol. The lowest BCUT2D eigenvalue weighted by Crippen LogP contribution is -2.09. The second kappa shape index (κ2) is 4.29. The molecule has 0 amide bonds. The van der Waals surface area contributed by atoms with Gasteiger partial charge in [-0.1, -0.05) is 35.7 Å². The van der Waals surface area contributed by atoms with Crippen molar-refractivity contribution in [2.75, 3.05) is 0 Å². The first kappa shape index (κ1) is 11.6. The highest BCUT2D eigenvalue weighted by Gasteiger charge is 2.55. The molecule has 2 fully saturated rings. The van der Waals surface area contributed by atoms with E-state index in [-0.39, 0.29) is 0 Å². The third-order valence-corrected chi connectivity index (χ3v) is 4.88. The number of hydrogen-bond acceptors (Lipinski definition) is 1. The van der Waals surface area contributed by atoms with Gasteiger partial charge in [0.05, 0.1) is 10.0 Å². The molecule has 3 heteroatoms. The summed E-state index contributed by atoms with van der Waals surface area (Å²) in [6, 6.07) is 5.46. The molecule has 0 N–H and O–H groups in total. The lowest BCUT2D eigenvalue weighted by Gasteiger charge is -2.04. The second-order valence-corrected chi connectivity index (χ2v) is 5.99. The summed E-state index contributed by atoms with van der Waals surface area (Å²) in [7, 11) is 0. The Morgan fingerprint density at radius 2 is 1.88 bits per heavy atom. The van der Waals surface area contributed by atoms with Gasteiger partial charge in [-0.2, -0.15) is 0 Å². The molecule has 1 nitrogen and oxygen atoms in total. The Morgan fingerprint density at radius 1 is 1.18 bits per heavy atom. The standard InChI is InChI=1S/C14H14Cl2O/c15-11-5-4-8(6-12(11)16)7-13(17)14-9-2-1-3-10(9)14/h4-6,9-10,14H,1-3,7H2. The number of rotatable bonds is 3. The Morgan fingerprint density at radius 3 is 2.53 bits per heavy atom. The largest absolute Gasteiger partial charge is 0.299 e. The smallest absolute Gasteiger partial charge is 0.140 e. The zero-order chi connectivity index (χ0) is 12.0. The number of ketones is 1. The Hall–Kier alpha value is -0.530. The number of fused-ring (bicyclic) bond motifs is 1. The zero-order valence-corrected chi connectivity index (χ0v) is 11.0. The van der Waals surface area contributed by atoms with Crippen LogP contribution in [0.1, 0.15) is 24.8 Å². The average Bonchev–Trinajstić information content (AvgIpc) is 2.78. The molecule has 2 aliphatic rings. The minimum atomic E-state index is 0.346. The number of halogens is 2. The molecule has 0 aliphatic heterocycles. The van der Waals surface area contributed by atoms with Crippen LogP contribution in [0.2, 0.25) is 10.0 Å². The molecule has 2 atom stereocenters. The number of carbonyl (C=O) groups excluding carboxylic acids is 1. The van der Waals surface area contributed by atoms with Crippen molar-refractivity contribution in [1.29, 1.82) is 0 Å². The van der Waals surface area contributed by atoms with E-state index in [0.29, 0.717) is 40.0 Å². The van der Waals surface area contributed by atoms with Gasteiger partial charge < -0.3 is 0 Å². The van der Waals surface area contributed by atoms with Crippen molar-refractivity contribution < 1.29 is 4.79 Å². The summed E-state index contributed by atoms with van der Waals surface area (Å²) >= 11 is 11.8. The highest BCUT2D eigenvalue weighted by atomic mass is 35.5. The molecular formula is C14H14Cl2O. The van der Waals surface area contributed by atoms with Crippen molar-refractivity contribution in [2.45, 2.75) is 25.7 Å². The third-order valence-electron chi connectivity index (χ3n) is 4.14. The van der Waals surface area contributed by atoms with Crippen LogP contribution in [0.4, 0.5) is 0 Å². The van der Waals surface area contributed by atoms with Crippen molar-refractivity contribution in [1.82, 2.24) is 0 Å². The second-order valence-electron chi connectivity index (χ2n) is 5.18. The molecule has 3 rings (SSSR count). The minimum absolute atomic E-state index is 0.346. The van der Waals surface area contributed by atoms with E-state index in [1.54, 1.807) is 12.1 Å². The van der Waals surface area contributed by atoms with Gasteiger partial charge in [-0.25, -0.2) is 0 Å². The van der Waals surface area contributed by atoms with E-state index >= 15 is 0 Å². The summed E-state index contributed by atoms with van der Waals surface area (Å²) < 4.78 is 0. The fraction of sp³-hybridized carbons (Fsp3) is 0.500. The summed E-state index contributed by atoms with van der Waals surface area (Å²) in [6.07, 6.45) is 4.32. The first-order chi connectivity index (χ1) is 8.16. The van der Waals surface area contributed by atoms with Gasteiger partial charge >= 0.3 is 0 Å². The molecule has 17 heavy (non-hydrogen) atoms. The van der Waals surface area contributed by atoms with Crippen molar-refractivity contribution in [3.8, 4) is 0 Å². The van der Waals surface area contributed by atoms with Crippen LogP contribution in [0.5, 0.6) is 0 Å². The fourth-order valence-corrected chi connectivity index (χ4v) is 3.59. The van der Waals surface area contributed by atoms with Crippen molar-refractivity contribution in [2.24, 2.45) is 17.8 Å². The SMILES string of the molecule is O=C(Cc1ccc(Cl)c(Cl)c1)C1C2CCCC21. The molecule has 0 spiro atoms. The van der Waals surface area contributed by atoms with Crippen molar-refractivity contribution in [3.63, 3.8) is 0 Å². The normalized spacial score (nSPS) is 30.1. The maximum absolute atomic E-state index is 12.1. The molecular weight excluding hydrogens is 255 g/mol. The summed E-state index contributed by atoms with van der Waals surface area (Å²) in [6.45, 7) is 0. The summed E-state index contributed by atoms with van der Waals surface area (Å²) in [5.74, 6) is 2.13. The predicted molar refractivity (Wildman–Crippen MR) is 69.5 cm³/mol. The van der Waals surface area contributed by atoms with Crippen LogP contribution in [-0.4, -0.2) is 5.78 Å². The molecule has 0 radical (unpaired) electrons. The van der Waals surface area contributed by atoms with E-state index in [4.69, 9.17) is 23.2 Å². The van der Waals surface area contributed by atoms with E-state index in [1.165, 1.54) is 19.3 Å². The minimum Gasteiger partial charge on any atom is -0.299 e. The van der Waals surface area contributed by atoms with E-state index < -0.39 is 0 Å². The molecule has 1 aromatic carbocycles. The maximum Gasteiger partial charge on any atom is 0.140 e. The molecule has 0 bridgehead atoms. The first-order valence-electron chi connectivity index (χ1n) is 6.13. The first-order valence-corrected chi connectivity index (χ1v) is 6.89. The summed E-state index contributed by atoms with van der Waals surface area (Å²) in [5.41, 5.74) is 0.981. The molecule has 0 aromatic heterocycles. The molecule has 2 saturated carbocycles. The van der Waals surface area contributed by atoms with Gasteiger partial charge in [-0.3, -0.25) is 4.79 Å².